The van der Waals surface area contributed by atoms with Gasteiger partial charge < -0.3 is 5.73 Å². The van der Waals surface area contributed by atoms with E-state index in [9.17, 15) is 18.9 Å². The van der Waals surface area contributed by atoms with Gasteiger partial charge in [-0.3, -0.25) is 10.1 Å². The third-order valence-electron chi connectivity index (χ3n) is 1.50. The molecule has 0 radical (unpaired) electrons. The summed E-state index contributed by atoms with van der Waals surface area (Å²) in [5, 5.41) is 10.2. The highest BCUT2D eigenvalue weighted by Gasteiger charge is 2.19. The maximum atomic E-state index is 13.0. The van der Waals surface area contributed by atoms with Crippen molar-refractivity contribution in [1.29, 1.82) is 0 Å². The molecule has 0 saturated carbocycles. The van der Waals surface area contributed by atoms with E-state index < -0.39 is 22.2 Å². The summed E-state index contributed by atoms with van der Waals surface area (Å²) in [6, 6.07) is 1.06. The van der Waals surface area contributed by atoms with Gasteiger partial charge in [-0.05, 0) is 6.07 Å². The van der Waals surface area contributed by atoms with Crippen LogP contribution in [0.5, 0.6) is 0 Å². The van der Waals surface area contributed by atoms with Crippen molar-refractivity contribution in [3.63, 3.8) is 0 Å². The summed E-state index contributed by atoms with van der Waals surface area (Å²) in [6.45, 7) is 0. The predicted octanol–water partition coefficient (Wildman–Crippen LogP) is 1.51. The molecule has 0 spiro atoms. The standard InChI is InChI=1S/C7H4F2N2O2S/c8-4-2-6(11(12)13)5(9)1-3(4)7(10)14/h1-2H,(H2,10,14). The van der Waals surface area contributed by atoms with Crippen molar-refractivity contribution in [2.24, 2.45) is 5.73 Å². The average molecular weight is 218 g/mol. The topological polar surface area (TPSA) is 69.2 Å². The quantitative estimate of drug-likeness (QED) is 0.464. The van der Waals surface area contributed by atoms with Crippen LogP contribution in [0.3, 0.4) is 0 Å². The van der Waals surface area contributed by atoms with Gasteiger partial charge in [0.25, 0.3) is 0 Å². The summed E-state index contributed by atoms with van der Waals surface area (Å²) in [4.78, 5) is 8.81. The normalized spacial score (nSPS) is 9.86. The van der Waals surface area contributed by atoms with Crippen molar-refractivity contribution >= 4 is 22.9 Å². The first kappa shape index (κ1) is 10.5. The number of nitro groups is 1. The third-order valence-corrected chi connectivity index (χ3v) is 1.72. The number of nitrogens with zero attached hydrogens (tertiary/aromatic N) is 1. The zero-order chi connectivity index (χ0) is 10.9. The van der Waals surface area contributed by atoms with Crippen LogP contribution in [0.25, 0.3) is 0 Å². The molecule has 0 saturated heterocycles. The fourth-order valence-corrected chi connectivity index (χ4v) is 1.02. The van der Waals surface area contributed by atoms with Gasteiger partial charge in [-0.15, -0.1) is 0 Å². The Labute approximate surface area is 82.5 Å². The first-order valence-corrected chi connectivity index (χ1v) is 3.77. The highest BCUT2D eigenvalue weighted by Crippen LogP contribution is 2.21. The SMILES string of the molecule is NC(=S)c1cc(F)c([N+](=O)[O-])cc1F. The number of rotatable bonds is 2. The Morgan fingerprint density at radius 3 is 2.43 bits per heavy atom. The fourth-order valence-electron chi connectivity index (χ4n) is 0.865. The van der Waals surface area contributed by atoms with Crippen molar-refractivity contribution in [1.82, 2.24) is 0 Å². The molecule has 1 aromatic rings. The molecule has 2 N–H and O–H groups in total. The highest BCUT2D eigenvalue weighted by atomic mass is 32.1. The summed E-state index contributed by atoms with van der Waals surface area (Å²) >= 11 is 4.42. The number of hydrogen-bond acceptors (Lipinski definition) is 3. The van der Waals surface area contributed by atoms with Crippen molar-refractivity contribution in [3.8, 4) is 0 Å². The van der Waals surface area contributed by atoms with Crippen LogP contribution in [0.4, 0.5) is 14.5 Å². The Bertz CT molecular complexity index is 383. The Kier molecular flexibility index (Phi) is 2.70. The van der Waals surface area contributed by atoms with Crippen molar-refractivity contribution in [2.75, 3.05) is 0 Å². The zero-order valence-electron chi connectivity index (χ0n) is 6.66. The van der Waals surface area contributed by atoms with E-state index in [0.717, 1.165) is 0 Å². The number of halogens is 2. The minimum Gasteiger partial charge on any atom is -0.389 e. The van der Waals surface area contributed by atoms with Gasteiger partial charge in [0, 0.05) is 5.56 Å². The number of nitrogens with two attached hydrogens (primary N) is 1. The molecule has 0 heterocycles. The van der Waals surface area contributed by atoms with E-state index in [1.807, 2.05) is 0 Å². The van der Waals surface area contributed by atoms with Gasteiger partial charge in [-0.2, -0.15) is 4.39 Å². The molecular formula is C7H4F2N2O2S. The van der Waals surface area contributed by atoms with E-state index in [1.54, 1.807) is 0 Å². The van der Waals surface area contributed by atoms with Gasteiger partial charge in [0.1, 0.15) is 10.8 Å². The largest absolute Gasteiger partial charge is 0.389 e. The zero-order valence-corrected chi connectivity index (χ0v) is 7.48. The maximum Gasteiger partial charge on any atom is 0.307 e. The first-order valence-electron chi connectivity index (χ1n) is 3.36. The molecule has 7 heteroatoms. The lowest BCUT2D eigenvalue weighted by molar-refractivity contribution is -0.387. The molecule has 4 nitrogen and oxygen atoms in total. The predicted molar refractivity (Wildman–Crippen MR) is 48.9 cm³/mol. The molecule has 0 aliphatic heterocycles. The van der Waals surface area contributed by atoms with Crippen LogP contribution < -0.4 is 5.73 Å². The van der Waals surface area contributed by atoms with Crippen molar-refractivity contribution < 1.29 is 13.7 Å². The Morgan fingerprint density at radius 2 is 2.00 bits per heavy atom. The Morgan fingerprint density at radius 1 is 1.43 bits per heavy atom. The van der Waals surface area contributed by atoms with Crippen LogP contribution in [-0.4, -0.2) is 9.91 Å². The van der Waals surface area contributed by atoms with Gasteiger partial charge in [0.15, 0.2) is 0 Å². The maximum absolute atomic E-state index is 13.0. The van der Waals surface area contributed by atoms with Crippen LogP contribution in [0.2, 0.25) is 0 Å². The third kappa shape index (κ3) is 1.82. The number of nitro benzene ring substituents is 1. The van der Waals surface area contributed by atoms with Gasteiger partial charge in [0.05, 0.1) is 11.0 Å². The summed E-state index contributed by atoms with van der Waals surface area (Å²) in [7, 11) is 0. The van der Waals surface area contributed by atoms with Crippen LogP contribution >= 0.6 is 12.2 Å². The molecule has 14 heavy (non-hydrogen) atoms. The van der Waals surface area contributed by atoms with E-state index >= 15 is 0 Å². The summed E-state index contributed by atoms with van der Waals surface area (Å²) in [5.41, 5.74) is 3.78. The molecule has 0 bridgehead atoms. The molecule has 74 valence electrons. The first-order chi connectivity index (χ1) is 6.43. The van der Waals surface area contributed by atoms with Gasteiger partial charge >= 0.3 is 5.69 Å². The highest BCUT2D eigenvalue weighted by molar-refractivity contribution is 7.80. The second-order valence-corrected chi connectivity index (χ2v) is 2.84. The van der Waals surface area contributed by atoms with Gasteiger partial charge in [-0.25, -0.2) is 4.39 Å². The summed E-state index contributed by atoms with van der Waals surface area (Å²) in [6.07, 6.45) is 0. The molecule has 0 aliphatic rings. The summed E-state index contributed by atoms with van der Waals surface area (Å²) in [5.74, 6) is -2.18. The van der Waals surface area contributed by atoms with Crippen molar-refractivity contribution in [3.05, 3.63) is 39.4 Å². The number of hydrogen-bond donors (Lipinski definition) is 1. The lowest BCUT2D eigenvalue weighted by Crippen LogP contribution is -2.12. The Balaban J connectivity index is 3.38. The van der Waals surface area contributed by atoms with Crippen LogP contribution in [-0.2, 0) is 0 Å². The van der Waals surface area contributed by atoms with Gasteiger partial charge in [-0.1, -0.05) is 12.2 Å². The van der Waals surface area contributed by atoms with Crippen molar-refractivity contribution in [2.45, 2.75) is 0 Å². The van der Waals surface area contributed by atoms with Gasteiger partial charge in [0.2, 0.25) is 5.82 Å². The molecule has 1 aromatic carbocycles. The molecule has 0 fully saturated rings. The Hall–Kier alpha value is -1.63. The van der Waals surface area contributed by atoms with E-state index in [4.69, 9.17) is 5.73 Å². The lowest BCUT2D eigenvalue weighted by atomic mass is 10.2. The second kappa shape index (κ2) is 3.62. The van der Waals surface area contributed by atoms with E-state index in [1.165, 1.54) is 0 Å². The average Bonchev–Trinajstić information content (AvgIpc) is 2.07. The molecular weight excluding hydrogens is 214 g/mol. The monoisotopic (exact) mass is 218 g/mol. The second-order valence-electron chi connectivity index (χ2n) is 2.40. The summed E-state index contributed by atoms with van der Waals surface area (Å²) < 4.78 is 25.9. The van der Waals surface area contributed by atoms with Crippen LogP contribution in [0, 0.1) is 21.7 Å². The van der Waals surface area contributed by atoms with E-state index in [0.29, 0.717) is 12.1 Å². The lowest BCUT2D eigenvalue weighted by Gasteiger charge is -2.00. The minimum absolute atomic E-state index is 0.344. The molecule has 0 unspecified atom stereocenters. The van der Waals surface area contributed by atoms with Crippen LogP contribution in [0.15, 0.2) is 12.1 Å². The molecule has 0 aromatic heterocycles. The molecule has 0 amide bonds. The molecule has 0 atom stereocenters. The number of thiocarbonyl (C=S) groups is 1. The molecule has 1 rings (SSSR count). The smallest absolute Gasteiger partial charge is 0.307 e. The number of benzene rings is 1. The van der Waals surface area contributed by atoms with Crippen LogP contribution in [0.1, 0.15) is 5.56 Å². The minimum atomic E-state index is -1.17. The fraction of sp³-hybridized carbons (Fsp3) is 0. The van der Waals surface area contributed by atoms with E-state index in [2.05, 4.69) is 12.2 Å². The van der Waals surface area contributed by atoms with E-state index in [-0.39, 0.29) is 10.6 Å². The molecule has 0 aliphatic carbocycles.